The number of nitrogens with one attached hydrogen (secondary N) is 5. The Hall–Kier alpha value is -4.33. The Labute approximate surface area is 279 Å². The van der Waals surface area contributed by atoms with E-state index in [2.05, 4.69) is 26.6 Å². The topological polar surface area (TPSA) is 238 Å². The van der Waals surface area contributed by atoms with Crippen molar-refractivity contribution in [2.24, 2.45) is 0 Å². The zero-order valence-corrected chi connectivity index (χ0v) is 27.3. The van der Waals surface area contributed by atoms with E-state index >= 15 is 0 Å². The Morgan fingerprint density at radius 3 is 1.58 bits per heavy atom. The van der Waals surface area contributed by atoms with E-state index in [0.717, 1.165) is 0 Å². The standard InChI is InChI=1S/C29H48N6O13/c1-30-24(37)21-45-15-10-33-28(41)48-20-18-44-14-9-32-25(38)22-46-16-11-34-29(42)47-19-17-43-13-8-31-23(36)5-3-2-4-12-35-26(39)6-7-27(35)40/h6-7H,2-5,8-22H2,1H3,(H,30,37)(H,31,36)(H,32,38)(H,33,41)(H,34,42). The summed E-state index contributed by atoms with van der Waals surface area (Å²) >= 11 is 0. The van der Waals surface area contributed by atoms with Crippen LogP contribution in [0.15, 0.2) is 12.2 Å². The summed E-state index contributed by atoms with van der Waals surface area (Å²) in [5.74, 6) is -1.37. The van der Waals surface area contributed by atoms with Crippen molar-refractivity contribution in [1.82, 2.24) is 31.5 Å². The Morgan fingerprint density at radius 2 is 1.04 bits per heavy atom. The number of carbonyl (C=O) groups excluding carboxylic acids is 7. The van der Waals surface area contributed by atoms with E-state index in [1.807, 2.05) is 0 Å². The quantitative estimate of drug-likeness (QED) is 0.0441. The lowest BCUT2D eigenvalue weighted by molar-refractivity contribution is -0.137. The molecular weight excluding hydrogens is 640 g/mol. The summed E-state index contributed by atoms with van der Waals surface area (Å²) in [5, 5.41) is 12.6. The van der Waals surface area contributed by atoms with Gasteiger partial charge in [0, 0.05) is 58.3 Å². The van der Waals surface area contributed by atoms with Crippen molar-refractivity contribution in [1.29, 1.82) is 0 Å². The van der Waals surface area contributed by atoms with Gasteiger partial charge in [-0.25, -0.2) is 9.59 Å². The van der Waals surface area contributed by atoms with Crippen LogP contribution in [-0.4, -0.2) is 152 Å². The Kier molecular flexibility index (Phi) is 24.1. The predicted octanol–water partition coefficient (Wildman–Crippen LogP) is -2.03. The van der Waals surface area contributed by atoms with Crippen LogP contribution in [0.5, 0.6) is 0 Å². The van der Waals surface area contributed by atoms with E-state index in [1.54, 1.807) is 0 Å². The molecule has 0 unspecified atom stereocenters. The van der Waals surface area contributed by atoms with Gasteiger partial charge >= 0.3 is 12.2 Å². The van der Waals surface area contributed by atoms with Gasteiger partial charge in [0.1, 0.15) is 26.4 Å². The first kappa shape index (κ1) is 41.7. The van der Waals surface area contributed by atoms with Crippen molar-refractivity contribution < 1.29 is 62.0 Å². The molecule has 1 heterocycles. The van der Waals surface area contributed by atoms with Gasteiger partial charge in [-0.3, -0.25) is 28.9 Å². The van der Waals surface area contributed by atoms with Gasteiger partial charge in [-0.15, -0.1) is 0 Å². The van der Waals surface area contributed by atoms with Crippen LogP contribution in [0.2, 0.25) is 0 Å². The van der Waals surface area contributed by atoms with Crippen molar-refractivity contribution in [3.63, 3.8) is 0 Å². The van der Waals surface area contributed by atoms with Crippen LogP contribution >= 0.6 is 0 Å². The molecule has 0 radical (unpaired) electrons. The number of likely N-dealkylation sites (N-methyl/N-ethyl adjacent to an activating group) is 1. The molecule has 0 aromatic rings. The third-order valence-corrected chi connectivity index (χ3v) is 6.02. The van der Waals surface area contributed by atoms with Crippen LogP contribution in [0, 0.1) is 0 Å². The maximum atomic E-state index is 11.9. The minimum absolute atomic E-state index is 0.0128. The molecule has 0 saturated heterocycles. The van der Waals surface area contributed by atoms with Crippen LogP contribution in [0.3, 0.4) is 0 Å². The van der Waals surface area contributed by atoms with Gasteiger partial charge in [0.25, 0.3) is 11.8 Å². The molecule has 0 spiro atoms. The highest BCUT2D eigenvalue weighted by atomic mass is 16.6. The molecule has 19 heteroatoms. The third-order valence-electron chi connectivity index (χ3n) is 6.02. The van der Waals surface area contributed by atoms with Crippen molar-refractivity contribution in [3.8, 4) is 0 Å². The number of hydrogen-bond donors (Lipinski definition) is 5. The fourth-order valence-corrected chi connectivity index (χ4v) is 3.59. The van der Waals surface area contributed by atoms with Crippen molar-refractivity contribution >= 4 is 41.7 Å². The third kappa shape index (κ3) is 23.1. The number of nitrogens with zero attached hydrogens (tertiary/aromatic N) is 1. The van der Waals surface area contributed by atoms with Gasteiger partial charge < -0.3 is 55.0 Å². The van der Waals surface area contributed by atoms with Gasteiger partial charge in [0.15, 0.2) is 0 Å². The monoisotopic (exact) mass is 688 g/mol. The van der Waals surface area contributed by atoms with Crippen LogP contribution in [-0.2, 0) is 52.4 Å². The fourth-order valence-electron chi connectivity index (χ4n) is 3.59. The molecule has 272 valence electrons. The van der Waals surface area contributed by atoms with Crippen molar-refractivity contribution in [2.75, 3.05) is 106 Å². The summed E-state index contributed by atoms with van der Waals surface area (Å²) in [5.41, 5.74) is 0. The molecule has 1 rings (SSSR count). The van der Waals surface area contributed by atoms with E-state index < -0.39 is 12.2 Å². The lowest BCUT2D eigenvalue weighted by Crippen LogP contribution is -2.33. The highest BCUT2D eigenvalue weighted by molar-refractivity contribution is 6.12. The van der Waals surface area contributed by atoms with E-state index in [4.69, 9.17) is 28.4 Å². The number of imide groups is 1. The fraction of sp³-hybridized carbons (Fsp3) is 0.690. The second kappa shape index (κ2) is 27.8. The van der Waals surface area contributed by atoms with Gasteiger partial charge in [0.2, 0.25) is 17.7 Å². The highest BCUT2D eigenvalue weighted by Crippen LogP contribution is 2.07. The van der Waals surface area contributed by atoms with E-state index in [-0.39, 0.29) is 115 Å². The first-order chi connectivity index (χ1) is 23.2. The molecule has 0 aromatic carbocycles. The summed E-state index contributed by atoms with van der Waals surface area (Å²) < 4.78 is 30.6. The van der Waals surface area contributed by atoms with E-state index in [1.165, 1.54) is 24.1 Å². The number of hydrogen-bond acceptors (Lipinski definition) is 13. The zero-order chi connectivity index (χ0) is 35.2. The highest BCUT2D eigenvalue weighted by Gasteiger charge is 2.22. The number of ether oxygens (including phenoxy) is 6. The molecule has 0 fully saturated rings. The van der Waals surface area contributed by atoms with Crippen LogP contribution < -0.4 is 26.6 Å². The van der Waals surface area contributed by atoms with Crippen LogP contribution in [0.25, 0.3) is 0 Å². The predicted molar refractivity (Wildman–Crippen MR) is 166 cm³/mol. The number of rotatable bonds is 28. The average Bonchev–Trinajstić information content (AvgIpc) is 3.39. The minimum Gasteiger partial charge on any atom is -0.447 e. The molecule has 7 amide bonds. The van der Waals surface area contributed by atoms with Crippen molar-refractivity contribution in [2.45, 2.75) is 25.7 Å². The molecular formula is C29H48N6O13. The van der Waals surface area contributed by atoms with Gasteiger partial charge in [-0.2, -0.15) is 0 Å². The Bertz CT molecular complexity index is 1030. The molecule has 1 aliphatic heterocycles. The summed E-state index contributed by atoms with van der Waals surface area (Å²) in [6, 6.07) is 0. The number of amides is 7. The van der Waals surface area contributed by atoms with Gasteiger partial charge in [-0.1, -0.05) is 6.42 Å². The number of alkyl carbamates (subject to hydrolysis) is 2. The molecule has 0 aromatic heterocycles. The summed E-state index contributed by atoms with van der Waals surface area (Å²) in [4.78, 5) is 81.9. The van der Waals surface area contributed by atoms with Gasteiger partial charge in [0.05, 0.1) is 39.6 Å². The summed E-state index contributed by atoms with van der Waals surface area (Å²) in [6.07, 6.45) is 3.50. The maximum Gasteiger partial charge on any atom is 0.407 e. The summed E-state index contributed by atoms with van der Waals surface area (Å²) in [6.45, 7) is 1.90. The van der Waals surface area contributed by atoms with Crippen LogP contribution in [0.4, 0.5) is 9.59 Å². The second-order valence-corrected chi connectivity index (χ2v) is 9.80. The Balaban J connectivity index is 1.82. The molecule has 5 N–H and O–H groups in total. The van der Waals surface area contributed by atoms with Gasteiger partial charge in [-0.05, 0) is 12.8 Å². The maximum absolute atomic E-state index is 11.9. The molecule has 0 bridgehead atoms. The van der Waals surface area contributed by atoms with E-state index in [0.29, 0.717) is 38.8 Å². The SMILES string of the molecule is CNC(=O)COCCNC(=O)OCCOCCNC(=O)COCCNC(=O)OCCOCCNC(=O)CCCCCN1C(=O)C=CC1=O. The first-order valence-electron chi connectivity index (χ1n) is 15.6. The molecule has 1 aliphatic rings. The largest absolute Gasteiger partial charge is 0.447 e. The molecule has 19 nitrogen and oxygen atoms in total. The normalized spacial score (nSPS) is 12.1. The average molecular weight is 689 g/mol. The summed E-state index contributed by atoms with van der Waals surface area (Å²) in [7, 11) is 1.49. The molecule has 0 saturated carbocycles. The lowest BCUT2D eigenvalue weighted by Gasteiger charge is -2.13. The van der Waals surface area contributed by atoms with Crippen LogP contribution in [0.1, 0.15) is 25.7 Å². The van der Waals surface area contributed by atoms with Crippen molar-refractivity contribution in [3.05, 3.63) is 12.2 Å². The smallest absolute Gasteiger partial charge is 0.407 e. The molecule has 0 aliphatic carbocycles. The minimum atomic E-state index is -0.667. The second-order valence-electron chi connectivity index (χ2n) is 9.80. The lowest BCUT2D eigenvalue weighted by atomic mass is 10.2. The molecule has 48 heavy (non-hydrogen) atoms. The number of carbonyl (C=O) groups is 7. The zero-order valence-electron chi connectivity index (χ0n) is 27.3. The Morgan fingerprint density at radius 1 is 0.562 bits per heavy atom. The van der Waals surface area contributed by atoms with E-state index in [9.17, 15) is 33.6 Å². The molecule has 0 atom stereocenters. The number of unbranched alkanes of at least 4 members (excludes halogenated alkanes) is 2. The first-order valence-corrected chi connectivity index (χ1v) is 15.6.